The van der Waals surface area contributed by atoms with E-state index in [1.807, 2.05) is 88.6 Å². The number of nitrogens with zero attached hydrogens (tertiary/aromatic N) is 10. The van der Waals surface area contributed by atoms with Crippen LogP contribution in [0.1, 0.15) is 70.7 Å². The van der Waals surface area contributed by atoms with Gasteiger partial charge in [-0.05, 0) is 29.3 Å². The first-order valence-electron chi connectivity index (χ1n) is 18.6. The first kappa shape index (κ1) is 41.5. The predicted molar refractivity (Wildman–Crippen MR) is 213 cm³/mol. The molecule has 6 aromatic rings. The van der Waals surface area contributed by atoms with Crippen molar-refractivity contribution in [2.75, 3.05) is 36.0 Å². The summed E-state index contributed by atoms with van der Waals surface area (Å²) in [7, 11) is 0. The summed E-state index contributed by atoms with van der Waals surface area (Å²) in [5, 5.41) is 1.23. The lowest BCUT2D eigenvalue weighted by molar-refractivity contribution is -0.172. The predicted octanol–water partition coefficient (Wildman–Crippen LogP) is 9.59. The number of fused-ring (bicyclic) bond motifs is 2. The summed E-state index contributed by atoms with van der Waals surface area (Å²) >= 11 is 12.2. The zero-order chi connectivity index (χ0) is 42.0. The molecule has 18 heteroatoms. The molecule has 8 rings (SSSR count). The quantitative estimate of drug-likeness (QED) is 0.153. The van der Waals surface area contributed by atoms with Crippen LogP contribution in [0.5, 0.6) is 0 Å². The molecule has 0 spiro atoms. The highest BCUT2D eigenvalue weighted by Gasteiger charge is 2.63. The van der Waals surface area contributed by atoms with E-state index in [1.165, 1.54) is 6.33 Å². The average Bonchev–Trinajstić information content (AvgIpc) is 3.88. The van der Waals surface area contributed by atoms with Gasteiger partial charge in [-0.3, -0.25) is 0 Å². The Morgan fingerprint density at radius 3 is 1.60 bits per heavy atom. The fraction of sp³-hybridized carbons (Fsp3) is 0.450. The summed E-state index contributed by atoms with van der Waals surface area (Å²) in [6, 6.07) is 14.8. The Hall–Kier alpha value is -4.70. The molecular formula is C40H42Cl2F6N10. The number of aromatic nitrogens is 8. The first-order valence-corrected chi connectivity index (χ1v) is 19.3. The van der Waals surface area contributed by atoms with Gasteiger partial charge in [-0.1, -0.05) is 95.1 Å². The van der Waals surface area contributed by atoms with E-state index in [-0.39, 0.29) is 36.3 Å². The van der Waals surface area contributed by atoms with Crippen molar-refractivity contribution in [1.82, 2.24) is 39.0 Å². The maximum atomic E-state index is 13.9. The van der Waals surface area contributed by atoms with Crippen LogP contribution in [-0.4, -0.2) is 83.0 Å². The molecule has 0 radical (unpaired) electrons. The summed E-state index contributed by atoms with van der Waals surface area (Å²) in [6.45, 7) is 10.2. The van der Waals surface area contributed by atoms with Crippen LogP contribution in [0.25, 0.3) is 22.3 Å². The van der Waals surface area contributed by atoms with Gasteiger partial charge in [0.1, 0.15) is 11.6 Å². The Kier molecular flexibility index (Phi) is 10.6. The van der Waals surface area contributed by atoms with Crippen molar-refractivity contribution in [3.8, 4) is 0 Å². The van der Waals surface area contributed by atoms with Crippen molar-refractivity contribution in [2.24, 2.45) is 0 Å². The van der Waals surface area contributed by atoms with Crippen molar-refractivity contribution in [2.45, 2.75) is 89.7 Å². The minimum atomic E-state index is -4.15. The van der Waals surface area contributed by atoms with E-state index in [9.17, 15) is 26.3 Å². The van der Waals surface area contributed by atoms with Crippen LogP contribution in [0.15, 0.2) is 61.2 Å². The van der Waals surface area contributed by atoms with Crippen LogP contribution >= 0.6 is 23.2 Å². The van der Waals surface area contributed by atoms with Crippen LogP contribution in [0.4, 0.5) is 38.0 Å². The maximum absolute atomic E-state index is 13.9. The fourth-order valence-corrected chi connectivity index (χ4v) is 6.95. The molecule has 58 heavy (non-hydrogen) atoms. The van der Waals surface area contributed by atoms with Crippen molar-refractivity contribution in [3.63, 3.8) is 0 Å². The summed E-state index contributed by atoms with van der Waals surface area (Å²) < 4.78 is 86.7. The first-order chi connectivity index (χ1) is 27.0. The molecule has 2 aromatic carbocycles. The Balaban J connectivity index is 0.000000177. The fourth-order valence-electron chi connectivity index (χ4n) is 6.63. The van der Waals surface area contributed by atoms with Crippen molar-refractivity contribution in [1.29, 1.82) is 0 Å². The number of hydrogen-bond acceptors (Lipinski definition) is 8. The standard InChI is InChI=1S/C20H20ClF4N5.C20H22ClF2N5/c1-18(2,3)17-27-15-14(16(28-17)30-9-19(22,23)20(24,25)10-30)26-11-29(15)8-12-6-4-5-7-13(12)21;1-19(2,3)18-25-16(27-9-8-20(22,23)11-27)15-17(26-18)28(12-24-15)10-13-4-6-14(21)7-5-13/h4-7,11H,8-10H2,1-3H3;4-7,12H,8-11H2,1-3H3. The molecule has 0 saturated carbocycles. The molecule has 10 nitrogen and oxygen atoms in total. The number of benzene rings is 2. The topological polar surface area (TPSA) is 93.7 Å². The number of anilines is 2. The van der Waals surface area contributed by atoms with E-state index in [0.29, 0.717) is 57.4 Å². The molecule has 0 N–H and O–H groups in total. The smallest absolute Gasteiger partial charge is 0.329 e. The highest BCUT2D eigenvalue weighted by atomic mass is 35.5. The van der Waals surface area contributed by atoms with Crippen molar-refractivity contribution in [3.05, 3.63) is 94.0 Å². The molecule has 2 aliphatic rings. The summed E-state index contributed by atoms with van der Waals surface area (Å²) in [4.78, 5) is 29.6. The van der Waals surface area contributed by atoms with Gasteiger partial charge in [0.25, 0.3) is 5.92 Å². The average molecular weight is 848 g/mol. The Labute approximate surface area is 341 Å². The summed E-state index contributed by atoms with van der Waals surface area (Å²) in [6.07, 6.45) is 3.01. The van der Waals surface area contributed by atoms with Gasteiger partial charge in [-0.25, -0.2) is 38.7 Å². The van der Waals surface area contributed by atoms with Crippen LogP contribution in [0.2, 0.25) is 10.0 Å². The van der Waals surface area contributed by atoms with E-state index in [4.69, 9.17) is 28.2 Å². The second-order valence-electron chi connectivity index (χ2n) is 16.8. The van der Waals surface area contributed by atoms with Crippen molar-refractivity contribution >= 4 is 57.2 Å². The maximum Gasteiger partial charge on any atom is 0.329 e. The van der Waals surface area contributed by atoms with Gasteiger partial charge in [0.05, 0.1) is 45.4 Å². The third kappa shape index (κ3) is 8.40. The third-order valence-corrected chi connectivity index (χ3v) is 10.5. The van der Waals surface area contributed by atoms with Gasteiger partial charge in [0.2, 0.25) is 0 Å². The molecule has 0 bridgehead atoms. The SMILES string of the molecule is CC(C)(C)c1nc(N2CC(F)(F)C(F)(F)C2)c2ncn(Cc3ccccc3Cl)c2n1.CC(C)(C)c1nc(N2CCC(F)(F)C2)c2ncn(Cc3ccc(Cl)cc3)c2n1. The summed E-state index contributed by atoms with van der Waals surface area (Å²) in [5.41, 5.74) is 2.80. The van der Waals surface area contributed by atoms with Gasteiger partial charge >= 0.3 is 11.8 Å². The molecule has 0 atom stereocenters. The molecule has 2 aliphatic heterocycles. The molecule has 4 aromatic heterocycles. The van der Waals surface area contributed by atoms with Gasteiger partial charge in [-0.15, -0.1) is 0 Å². The number of alkyl halides is 6. The van der Waals surface area contributed by atoms with Crippen LogP contribution in [0, 0.1) is 0 Å². The second-order valence-corrected chi connectivity index (χ2v) is 17.7. The molecule has 6 heterocycles. The van der Waals surface area contributed by atoms with E-state index in [1.54, 1.807) is 21.9 Å². The Morgan fingerprint density at radius 1 is 0.621 bits per heavy atom. The normalized spacial score (nSPS) is 17.6. The monoisotopic (exact) mass is 846 g/mol. The molecule has 2 fully saturated rings. The number of rotatable bonds is 6. The lowest BCUT2D eigenvalue weighted by Gasteiger charge is -2.22. The van der Waals surface area contributed by atoms with E-state index >= 15 is 0 Å². The van der Waals surface area contributed by atoms with Gasteiger partial charge in [0.15, 0.2) is 34.0 Å². The molecule has 2 saturated heterocycles. The van der Waals surface area contributed by atoms with Crippen molar-refractivity contribution < 1.29 is 26.3 Å². The number of hydrogen-bond donors (Lipinski definition) is 0. The van der Waals surface area contributed by atoms with Crippen LogP contribution < -0.4 is 9.80 Å². The number of imidazole rings is 2. The molecular weight excluding hydrogens is 805 g/mol. The molecule has 0 unspecified atom stereocenters. The highest BCUT2D eigenvalue weighted by Crippen LogP contribution is 2.44. The Morgan fingerprint density at radius 2 is 1.12 bits per heavy atom. The zero-order valence-corrected chi connectivity index (χ0v) is 34.2. The zero-order valence-electron chi connectivity index (χ0n) is 32.7. The number of halogens is 8. The van der Waals surface area contributed by atoms with Crippen LogP contribution in [-0.2, 0) is 23.9 Å². The summed E-state index contributed by atoms with van der Waals surface area (Å²) in [5.74, 6) is -9.56. The van der Waals surface area contributed by atoms with E-state index in [0.717, 1.165) is 16.0 Å². The van der Waals surface area contributed by atoms with E-state index < -0.39 is 36.3 Å². The van der Waals surface area contributed by atoms with Crippen LogP contribution in [0.3, 0.4) is 0 Å². The van der Waals surface area contributed by atoms with Gasteiger partial charge < -0.3 is 18.9 Å². The minimum absolute atomic E-state index is 0.0142. The minimum Gasteiger partial charge on any atom is -0.348 e. The molecule has 0 aliphatic carbocycles. The van der Waals surface area contributed by atoms with Gasteiger partial charge in [0, 0.05) is 33.8 Å². The highest BCUT2D eigenvalue weighted by molar-refractivity contribution is 6.31. The second kappa shape index (κ2) is 14.8. The third-order valence-electron chi connectivity index (χ3n) is 9.88. The van der Waals surface area contributed by atoms with E-state index in [2.05, 4.69) is 24.9 Å². The lowest BCUT2D eigenvalue weighted by atomic mass is 9.95. The lowest BCUT2D eigenvalue weighted by Crippen LogP contribution is -2.38. The largest absolute Gasteiger partial charge is 0.348 e. The van der Waals surface area contributed by atoms with Gasteiger partial charge in [-0.2, -0.15) is 17.6 Å². The molecule has 308 valence electrons. The Bertz CT molecular complexity index is 2440. The molecule has 0 amide bonds.